The SMILES string of the molecule is CCCCN1N=C(C(C)(C)C)SC1=CC(=O)C1=CC(=O)CC(C)(C)O1. The summed E-state index contributed by atoms with van der Waals surface area (Å²) in [5.41, 5.74) is -0.723. The highest BCUT2D eigenvalue weighted by atomic mass is 32.2. The first-order valence-corrected chi connectivity index (χ1v) is 9.57. The second kappa shape index (κ2) is 7.36. The zero-order chi connectivity index (χ0) is 18.8. The Morgan fingerprint density at radius 3 is 2.68 bits per heavy atom. The van der Waals surface area contributed by atoms with Crippen LogP contribution in [0.4, 0.5) is 0 Å². The zero-order valence-corrected chi connectivity index (χ0v) is 16.8. The van der Waals surface area contributed by atoms with E-state index in [2.05, 4.69) is 32.8 Å². The number of thioether (sulfide) groups is 1. The minimum Gasteiger partial charge on any atom is -0.483 e. The Hall–Kier alpha value is -1.56. The molecule has 0 radical (unpaired) electrons. The molecule has 0 amide bonds. The molecule has 138 valence electrons. The third-order valence-electron chi connectivity index (χ3n) is 3.81. The third-order valence-corrected chi connectivity index (χ3v) is 5.23. The number of carbonyl (C=O) groups is 2. The topological polar surface area (TPSA) is 59.0 Å². The van der Waals surface area contributed by atoms with Crippen LogP contribution in [-0.4, -0.2) is 33.8 Å². The van der Waals surface area contributed by atoms with Gasteiger partial charge in [0.15, 0.2) is 11.5 Å². The number of nitrogens with zero attached hydrogens (tertiary/aromatic N) is 2. The molecule has 5 nitrogen and oxygen atoms in total. The highest BCUT2D eigenvalue weighted by Gasteiger charge is 2.33. The predicted octanol–water partition coefficient (Wildman–Crippen LogP) is 4.26. The number of hydrogen-bond acceptors (Lipinski definition) is 6. The van der Waals surface area contributed by atoms with Gasteiger partial charge in [0.2, 0.25) is 5.78 Å². The molecule has 0 N–H and O–H groups in total. The van der Waals surface area contributed by atoms with E-state index in [1.807, 2.05) is 18.9 Å². The molecule has 2 heterocycles. The van der Waals surface area contributed by atoms with Crippen molar-refractivity contribution < 1.29 is 14.3 Å². The molecule has 0 aromatic rings. The van der Waals surface area contributed by atoms with Gasteiger partial charge in [0.1, 0.15) is 15.7 Å². The summed E-state index contributed by atoms with van der Waals surface area (Å²) < 4.78 is 5.71. The van der Waals surface area contributed by atoms with Crippen molar-refractivity contribution in [2.45, 2.75) is 66.4 Å². The number of carbonyl (C=O) groups excluding carboxylic acids is 2. The van der Waals surface area contributed by atoms with Crippen LogP contribution in [-0.2, 0) is 14.3 Å². The van der Waals surface area contributed by atoms with Crippen molar-refractivity contribution in [3.05, 3.63) is 22.9 Å². The van der Waals surface area contributed by atoms with Crippen LogP contribution in [0.1, 0.15) is 60.8 Å². The van der Waals surface area contributed by atoms with Gasteiger partial charge in [0.25, 0.3) is 0 Å². The number of unbranched alkanes of at least 4 members (excludes halogenated alkanes) is 1. The molecular formula is C19H28N2O3S. The molecular weight excluding hydrogens is 336 g/mol. The minimum absolute atomic E-state index is 0.0771. The van der Waals surface area contributed by atoms with Crippen LogP contribution >= 0.6 is 11.8 Å². The highest BCUT2D eigenvalue weighted by molar-refractivity contribution is 8.17. The van der Waals surface area contributed by atoms with Crippen molar-refractivity contribution in [1.29, 1.82) is 0 Å². The Bertz CT molecular complexity index is 654. The molecule has 2 rings (SSSR count). The summed E-state index contributed by atoms with van der Waals surface area (Å²) in [6, 6.07) is 0. The van der Waals surface area contributed by atoms with Gasteiger partial charge < -0.3 is 4.74 Å². The lowest BCUT2D eigenvalue weighted by molar-refractivity contribution is -0.127. The number of hydrazone groups is 1. The van der Waals surface area contributed by atoms with E-state index in [-0.39, 0.29) is 29.2 Å². The van der Waals surface area contributed by atoms with E-state index in [0.717, 1.165) is 29.5 Å². The fourth-order valence-corrected chi connectivity index (χ4v) is 3.54. The van der Waals surface area contributed by atoms with Crippen LogP contribution in [0.15, 0.2) is 28.0 Å². The van der Waals surface area contributed by atoms with Crippen LogP contribution in [0.25, 0.3) is 0 Å². The molecule has 0 fully saturated rings. The molecule has 0 unspecified atom stereocenters. The Balaban J connectivity index is 2.23. The highest BCUT2D eigenvalue weighted by Crippen LogP contribution is 2.38. The molecule has 0 spiro atoms. The average molecular weight is 365 g/mol. The smallest absolute Gasteiger partial charge is 0.223 e. The summed E-state index contributed by atoms with van der Waals surface area (Å²) in [7, 11) is 0. The lowest BCUT2D eigenvalue weighted by atomic mass is 9.98. The first kappa shape index (κ1) is 19.8. The van der Waals surface area contributed by atoms with Crippen molar-refractivity contribution in [2.75, 3.05) is 6.54 Å². The summed E-state index contributed by atoms with van der Waals surface area (Å²) in [5.74, 6) is -0.240. The molecule has 2 aliphatic rings. The second-order valence-corrected chi connectivity index (χ2v) is 9.10. The molecule has 0 aromatic heterocycles. The Labute approximate surface area is 154 Å². The standard InChI is InChI=1S/C19H28N2O3S/c1-7-8-9-21-16(25-17(20-21)18(2,3)4)11-14(23)15-10-13(22)12-19(5,6)24-15/h10-11H,7-9,12H2,1-6H3. The van der Waals surface area contributed by atoms with Gasteiger partial charge in [0, 0.05) is 30.5 Å². The number of ether oxygens (including phenoxy) is 1. The van der Waals surface area contributed by atoms with Gasteiger partial charge in [-0.05, 0) is 20.3 Å². The summed E-state index contributed by atoms with van der Waals surface area (Å²) in [5, 5.41) is 8.36. The van der Waals surface area contributed by atoms with E-state index in [1.54, 1.807) is 6.08 Å². The van der Waals surface area contributed by atoms with Crippen LogP contribution in [0, 0.1) is 5.41 Å². The maximum atomic E-state index is 12.7. The summed E-state index contributed by atoms with van der Waals surface area (Å²) in [4.78, 5) is 24.5. The van der Waals surface area contributed by atoms with Crippen molar-refractivity contribution in [3.8, 4) is 0 Å². The molecule has 0 saturated heterocycles. The second-order valence-electron chi connectivity index (χ2n) is 8.09. The van der Waals surface area contributed by atoms with Gasteiger partial charge >= 0.3 is 0 Å². The maximum absolute atomic E-state index is 12.7. The van der Waals surface area contributed by atoms with Gasteiger partial charge in [-0.25, -0.2) is 0 Å². The molecule has 25 heavy (non-hydrogen) atoms. The summed E-state index contributed by atoms with van der Waals surface area (Å²) in [6.45, 7) is 12.8. The summed E-state index contributed by atoms with van der Waals surface area (Å²) in [6.07, 6.45) is 5.20. The predicted molar refractivity (Wildman–Crippen MR) is 102 cm³/mol. The summed E-state index contributed by atoms with van der Waals surface area (Å²) >= 11 is 1.52. The fraction of sp³-hybridized carbons (Fsp3) is 0.632. The molecule has 6 heteroatoms. The van der Waals surface area contributed by atoms with Crippen LogP contribution in [0.5, 0.6) is 0 Å². The van der Waals surface area contributed by atoms with Crippen molar-refractivity contribution in [3.63, 3.8) is 0 Å². The number of ketones is 2. The van der Waals surface area contributed by atoms with Crippen molar-refractivity contribution in [2.24, 2.45) is 10.5 Å². The number of hydrogen-bond donors (Lipinski definition) is 0. The van der Waals surface area contributed by atoms with Crippen LogP contribution < -0.4 is 0 Å². The van der Waals surface area contributed by atoms with Gasteiger partial charge in [-0.15, -0.1) is 0 Å². The molecule has 0 saturated carbocycles. The van der Waals surface area contributed by atoms with E-state index in [0.29, 0.717) is 0 Å². The van der Waals surface area contributed by atoms with Crippen molar-refractivity contribution >= 4 is 28.4 Å². The quantitative estimate of drug-likeness (QED) is 0.682. The van der Waals surface area contributed by atoms with Crippen LogP contribution in [0.2, 0.25) is 0 Å². The Morgan fingerprint density at radius 2 is 2.12 bits per heavy atom. The molecule has 2 aliphatic heterocycles. The minimum atomic E-state index is -0.646. The first-order chi connectivity index (χ1) is 11.5. The molecule has 0 bridgehead atoms. The van der Waals surface area contributed by atoms with E-state index in [4.69, 9.17) is 4.74 Å². The average Bonchev–Trinajstić information content (AvgIpc) is 2.86. The molecule has 0 aromatic carbocycles. The Kier molecular flexibility index (Phi) is 5.82. The number of allylic oxidation sites excluding steroid dienone is 2. The largest absolute Gasteiger partial charge is 0.483 e. The zero-order valence-electron chi connectivity index (χ0n) is 16.0. The lowest BCUT2D eigenvalue weighted by Crippen LogP contribution is -2.33. The third kappa shape index (κ3) is 5.21. The number of rotatable bonds is 5. The van der Waals surface area contributed by atoms with E-state index >= 15 is 0 Å². The van der Waals surface area contributed by atoms with Gasteiger partial charge in [-0.2, -0.15) is 5.10 Å². The fourth-order valence-electron chi connectivity index (χ4n) is 2.49. The normalized spacial score (nSPS) is 21.9. The van der Waals surface area contributed by atoms with Crippen LogP contribution in [0.3, 0.4) is 0 Å². The first-order valence-electron chi connectivity index (χ1n) is 8.76. The lowest BCUT2D eigenvalue weighted by Gasteiger charge is -2.29. The molecule has 0 atom stereocenters. The maximum Gasteiger partial charge on any atom is 0.223 e. The van der Waals surface area contributed by atoms with Crippen molar-refractivity contribution in [1.82, 2.24) is 5.01 Å². The van der Waals surface area contributed by atoms with Gasteiger partial charge in [-0.1, -0.05) is 45.9 Å². The monoisotopic (exact) mass is 364 g/mol. The van der Waals surface area contributed by atoms with E-state index in [1.165, 1.54) is 17.8 Å². The van der Waals surface area contributed by atoms with E-state index < -0.39 is 5.60 Å². The molecule has 0 aliphatic carbocycles. The van der Waals surface area contributed by atoms with Gasteiger partial charge in [-0.3, -0.25) is 14.6 Å². The Morgan fingerprint density at radius 1 is 1.44 bits per heavy atom. The van der Waals surface area contributed by atoms with E-state index in [9.17, 15) is 9.59 Å². The van der Waals surface area contributed by atoms with Gasteiger partial charge in [0.05, 0.1) is 0 Å².